The Morgan fingerprint density at radius 1 is 1.11 bits per heavy atom. The van der Waals surface area contributed by atoms with Crippen molar-refractivity contribution in [2.24, 2.45) is 0 Å². The van der Waals surface area contributed by atoms with Crippen molar-refractivity contribution in [3.05, 3.63) is 0 Å². The van der Waals surface area contributed by atoms with E-state index in [9.17, 15) is 13.2 Å². The van der Waals surface area contributed by atoms with Crippen molar-refractivity contribution in [2.75, 3.05) is 6.67 Å². The minimum atomic E-state index is -1.28. The first-order chi connectivity index (χ1) is 4.00. The first kappa shape index (κ1) is 11.6. The van der Waals surface area contributed by atoms with E-state index in [0.29, 0.717) is 0 Å². The zero-order chi connectivity index (χ0) is 7.86. The largest absolute Gasteiger partial charge is 0.248 e. The van der Waals surface area contributed by atoms with Gasteiger partial charge < -0.3 is 0 Å². The molecule has 0 nitrogen and oxygen atoms in total. The summed E-state index contributed by atoms with van der Waals surface area (Å²) >= 11 is 0. The minimum Gasteiger partial charge on any atom is -0.248 e. The smallest absolute Gasteiger partial charge is 0.126 e. The molecule has 0 radical (unpaired) electrons. The molecule has 0 aliphatic heterocycles. The van der Waals surface area contributed by atoms with Crippen molar-refractivity contribution in [3.63, 3.8) is 0 Å². The molecule has 0 saturated heterocycles. The van der Waals surface area contributed by atoms with Crippen molar-refractivity contribution in [2.45, 2.75) is 33.1 Å². The van der Waals surface area contributed by atoms with E-state index in [1.165, 1.54) is 20.8 Å². The summed E-state index contributed by atoms with van der Waals surface area (Å²) in [6, 6.07) is 0. The van der Waals surface area contributed by atoms with Gasteiger partial charge in [0.2, 0.25) is 0 Å². The molecular formula is C6H13F3. The monoisotopic (exact) mass is 142 g/mol. The van der Waals surface area contributed by atoms with Gasteiger partial charge in [-0.1, -0.05) is 0 Å². The standard InChI is InChI=1S/C3H6F2.C3H7F/c1-3(5)2-4;1-3(2)4/h3H,2H2,1H3;3H,1-2H3. The van der Waals surface area contributed by atoms with Crippen LogP contribution in [0.3, 0.4) is 0 Å². The fourth-order valence-corrected chi connectivity index (χ4v) is 0. The molecule has 0 aromatic rings. The number of alkyl halides is 3. The lowest BCUT2D eigenvalue weighted by Crippen LogP contribution is -1.91. The molecule has 0 saturated carbocycles. The SMILES string of the molecule is CC(C)F.CC(F)CF. The summed E-state index contributed by atoms with van der Waals surface area (Å²) in [6.45, 7) is 3.32. The second kappa shape index (κ2) is 7.79. The van der Waals surface area contributed by atoms with Gasteiger partial charge in [-0.05, 0) is 20.8 Å². The third-order valence-corrected chi connectivity index (χ3v) is 0.213. The number of rotatable bonds is 1. The molecule has 0 aromatic carbocycles. The van der Waals surface area contributed by atoms with Crippen LogP contribution in [0.5, 0.6) is 0 Å². The highest BCUT2D eigenvalue weighted by molar-refractivity contribution is 4.35. The van der Waals surface area contributed by atoms with Crippen LogP contribution in [-0.2, 0) is 0 Å². The molecule has 3 heteroatoms. The molecule has 0 aliphatic carbocycles. The highest BCUT2D eigenvalue weighted by Gasteiger charge is 1.89. The Morgan fingerprint density at radius 3 is 1.22 bits per heavy atom. The maximum absolute atomic E-state index is 11.1. The van der Waals surface area contributed by atoms with Gasteiger partial charge in [-0.15, -0.1) is 0 Å². The highest BCUT2D eigenvalue weighted by atomic mass is 19.2. The van der Waals surface area contributed by atoms with Crippen LogP contribution in [-0.4, -0.2) is 19.0 Å². The first-order valence-electron chi connectivity index (χ1n) is 2.84. The fraction of sp³-hybridized carbons (Fsp3) is 1.00. The summed E-state index contributed by atoms with van der Waals surface area (Å²) in [7, 11) is 0. The van der Waals surface area contributed by atoms with Crippen LogP contribution in [0.2, 0.25) is 0 Å². The first-order valence-corrected chi connectivity index (χ1v) is 2.84. The van der Waals surface area contributed by atoms with Crippen LogP contribution in [0, 0.1) is 0 Å². The van der Waals surface area contributed by atoms with Crippen LogP contribution in [0.15, 0.2) is 0 Å². The van der Waals surface area contributed by atoms with Crippen molar-refractivity contribution < 1.29 is 13.2 Å². The van der Waals surface area contributed by atoms with Gasteiger partial charge in [0.25, 0.3) is 0 Å². The van der Waals surface area contributed by atoms with E-state index in [0.717, 1.165) is 0 Å². The average molecular weight is 142 g/mol. The lowest BCUT2D eigenvalue weighted by molar-refractivity contribution is 0.281. The lowest BCUT2D eigenvalue weighted by Gasteiger charge is -1.83. The van der Waals surface area contributed by atoms with Gasteiger partial charge in [0.15, 0.2) is 0 Å². The third kappa shape index (κ3) is 81.5. The van der Waals surface area contributed by atoms with Crippen LogP contribution in [0.1, 0.15) is 20.8 Å². The molecule has 58 valence electrons. The Kier molecular flexibility index (Phi) is 10.0. The van der Waals surface area contributed by atoms with E-state index in [1.807, 2.05) is 0 Å². The van der Waals surface area contributed by atoms with Crippen LogP contribution in [0.4, 0.5) is 13.2 Å². The Morgan fingerprint density at radius 2 is 1.22 bits per heavy atom. The second-order valence-electron chi connectivity index (χ2n) is 1.95. The Bertz CT molecular complexity index is 40.8. The number of hydrogen-bond acceptors (Lipinski definition) is 0. The van der Waals surface area contributed by atoms with Crippen LogP contribution < -0.4 is 0 Å². The van der Waals surface area contributed by atoms with Gasteiger partial charge in [-0.25, -0.2) is 13.2 Å². The molecule has 0 spiro atoms. The Labute approximate surface area is 54.1 Å². The number of halogens is 3. The molecule has 1 atom stereocenters. The molecule has 0 bridgehead atoms. The molecule has 0 N–H and O–H groups in total. The Hall–Kier alpha value is -0.210. The summed E-state index contributed by atoms with van der Waals surface area (Å²) in [6.07, 6.45) is -1.95. The normalized spacial score (nSPS) is 12.3. The maximum Gasteiger partial charge on any atom is 0.126 e. The third-order valence-electron chi connectivity index (χ3n) is 0.213. The second-order valence-corrected chi connectivity index (χ2v) is 1.95. The quantitative estimate of drug-likeness (QED) is 0.528. The number of hydrogen-bond donors (Lipinski definition) is 0. The highest BCUT2D eigenvalue weighted by Crippen LogP contribution is 1.84. The predicted molar refractivity (Wildman–Crippen MR) is 32.8 cm³/mol. The molecular weight excluding hydrogens is 129 g/mol. The van der Waals surface area contributed by atoms with E-state index in [1.54, 1.807) is 0 Å². The van der Waals surface area contributed by atoms with E-state index in [-0.39, 0.29) is 0 Å². The van der Waals surface area contributed by atoms with Gasteiger partial charge in [0, 0.05) is 0 Å². The molecule has 9 heavy (non-hydrogen) atoms. The predicted octanol–water partition coefficient (Wildman–Crippen LogP) is 2.68. The van der Waals surface area contributed by atoms with Crippen molar-refractivity contribution in [1.82, 2.24) is 0 Å². The molecule has 0 amide bonds. The Balaban J connectivity index is 0. The van der Waals surface area contributed by atoms with Crippen LogP contribution in [0.25, 0.3) is 0 Å². The molecule has 0 heterocycles. The van der Waals surface area contributed by atoms with Gasteiger partial charge in [0.05, 0.1) is 6.17 Å². The zero-order valence-electron chi connectivity index (χ0n) is 6.00. The van der Waals surface area contributed by atoms with E-state index in [2.05, 4.69) is 0 Å². The summed E-state index contributed by atoms with van der Waals surface area (Å²) in [5.41, 5.74) is 0. The van der Waals surface area contributed by atoms with Crippen LogP contribution >= 0.6 is 0 Å². The topological polar surface area (TPSA) is 0 Å². The summed E-state index contributed by atoms with van der Waals surface area (Å²) in [5.74, 6) is 0. The molecule has 0 aliphatic rings. The summed E-state index contributed by atoms with van der Waals surface area (Å²) < 4.78 is 32.8. The van der Waals surface area contributed by atoms with E-state index < -0.39 is 19.0 Å². The van der Waals surface area contributed by atoms with Gasteiger partial charge in [-0.2, -0.15) is 0 Å². The molecule has 1 unspecified atom stereocenters. The van der Waals surface area contributed by atoms with E-state index in [4.69, 9.17) is 0 Å². The van der Waals surface area contributed by atoms with Gasteiger partial charge in [-0.3, -0.25) is 0 Å². The minimum absolute atomic E-state index is 0.667. The van der Waals surface area contributed by atoms with Gasteiger partial charge in [0.1, 0.15) is 12.8 Å². The maximum atomic E-state index is 11.1. The average Bonchev–Trinajstić information content (AvgIpc) is 1.65. The lowest BCUT2D eigenvalue weighted by atomic mass is 10.5. The van der Waals surface area contributed by atoms with Crippen molar-refractivity contribution in [3.8, 4) is 0 Å². The molecule has 0 rings (SSSR count). The molecule has 0 fully saturated rings. The van der Waals surface area contributed by atoms with Crippen molar-refractivity contribution in [1.29, 1.82) is 0 Å². The molecule has 0 aromatic heterocycles. The van der Waals surface area contributed by atoms with Crippen molar-refractivity contribution >= 4 is 0 Å². The zero-order valence-corrected chi connectivity index (χ0v) is 6.00. The summed E-state index contributed by atoms with van der Waals surface area (Å²) in [4.78, 5) is 0. The van der Waals surface area contributed by atoms with Gasteiger partial charge >= 0.3 is 0 Å². The summed E-state index contributed by atoms with van der Waals surface area (Å²) in [5, 5.41) is 0. The fourth-order valence-electron chi connectivity index (χ4n) is 0. The van der Waals surface area contributed by atoms with E-state index >= 15 is 0 Å².